The normalized spacial score (nSPS) is 10.3. The van der Waals surface area contributed by atoms with Crippen molar-refractivity contribution in [1.82, 2.24) is 0 Å². The van der Waals surface area contributed by atoms with Gasteiger partial charge < -0.3 is 11.1 Å². The van der Waals surface area contributed by atoms with Crippen LogP contribution in [0.15, 0.2) is 36.4 Å². The molecule has 3 nitrogen and oxygen atoms in total. The molecule has 0 radical (unpaired) electrons. The van der Waals surface area contributed by atoms with E-state index in [1.807, 2.05) is 0 Å². The molecule has 2 aromatic rings. The summed E-state index contributed by atoms with van der Waals surface area (Å²) in [6, 6.07) is 9.28. The molecule has 0 spiro atoms. The lowest BCUT2D eigenvalue weighted by Gasteiger charge is -2.11. The van der Waals surface area contributed by atoms with Crippen LogP contribution < -0.4 is 11.1 Å². The monoisotopic (exact) mass is 278 g/mol. The maximum atomic E-state index is 13.4. The molecular weight excluding hydrogens is 267 g/mol. The highest BCUT2D eigenvalue weighted by atomic mass is 35.5. The van der Waals surface area contributed by atoms with E-state index in [0.29, 0.717) is 11.3 Å². The van der Waals surface area contributed by atoms with Crippen LogP contribution in [-0.4, -0.2) is 5.91 Å². The van der Waals surface area contributed by atoms with Gasteiger partial charge in [-0.15, -0.1) is 0 Å². The van der Waals surface area contributed by atoms with Crippen molar-refractivity contribution in [3.05, 3.63) is 58.4 Å². The third-order valence-electron chi connectivity index (χ3n) is 2.79. The van der Waals surface area contributed by atoms with Gasteiger partial charge in [0.2, 0.25) is 0 Å². The molecule has 0 bridgehead atoms. The van der Waals surface area contributed by atoms with Crippen LogP contribution >= 0.6 is 11.6 Å². The van der Waals surface area contributed by atoms with E-state index in [1.54, 1.807) is 31.2 Å². The molecule has 2 rings (SSSR count). The zero-order chi connectivity index (χ0) is 14.0. The highest BCUT2D eigenvalue weighted by Gasteiger charge is 2.15. The number of carbonyl (C=O) groups excluding carboxylic acids is 1. The van der Waals surface area contributed by atoms with Crippen LogP contribution in [0.5, 0.6) is 0 Å². The number of hydrogen-bond donors (Lipinski definition) is 2. The first-order valence-electron chi connectivity index (χ1n) is 5.61. The molecular formula is C14H12ClFN2O. The van der Waals surface area contributed by atoms with Gasteiger partial charge in [0.15, 0.2) is 0 Å². The van der Waals surface area contributed by atoms with Gasteiger partial charge in [-0.25, -0.2) is 4.39 Å². The summed E-state index contributed by atoms with van der Waals surface area (Å²) in [4.78, 5) is 12.1. The van der Waals surface area contributed by atoms with Crippen molar-refractivity contribution in [2.45, 2.75) is 6.92 Å². The number of carbonyl (C=O) groups is 1. The molecule has 98 valence electrons. The Balaban J connectivity index is 2.34. The van der Waals surface area contributed by atoms with Crippen molar-refractivity contribution in [3.63, 3.8) is 0 Å². The first-order chi connectivity index (χ1) is 9.00. The molecule has 0 unspecified atom stereocenters. The zero-order valence-electron chi connectivity index (χ0n) is 10.2. The smallest absolute Gasteiger partial charge is 0.259 e. The minimum Gasteiger partial charge on any atom is -0.398 e. The Bertz CT molecular complexity index is 623. The van der Waals surface area contributed by atoms with Gasteiger partial charge in [-0.1, -0.05) is 23.7 Å². The second-order valence-electron chi connectivity index (χ2n) is 4.07. The van der Waals surface area contributed by atoms with Crippen molar-refractivity contribution in [2.24, 2.45) is 0 Å². The fraction of sp³-hybridized carbons (Fsp3) is 0.0714. The first-order valence-corrected chi connectivity index (χ1v) is 5.99. The summed E-state index contributed by atoms with van der Waals surface area (Å²) < 4.78 is 13.4. The zero-order valence-corrected chi connectivity index (χ0v) is 11.0. The van der Waals surface area contributed by atoms with Crippen LogP contribution in [0.1, 0.15) is 15.9 Å². The van der Waals surface area contributed by atoms with Crippen LogP contribution in [0.3, 0.4) is 0 Å². The van der Waals surface area contributed by atoms with Gasteiger partial charge in [0.25, 0.3) is 5.91 Å². The number of halogens is 2. The molecule has 0 saturated heterocycles. The fourth-order valence-corrected chi connectivity index (χ4v) is 1.98. The van der Waals surface area contributed by atoms with E-state index in [2.05, 4.69) is 5.32 Å². The Kier molecular flexibility index (Phi) is 3.71. The maximum Gasteiger partial charge on any atom is 0.259 e. The van der Waals surface area contributed by atoms with Crippen LogP contribution in [0.25, 0.3) is 0 Å². The third-order valence-corrected chi connectivity index (χ3v) is 3.10. The van der Waals surface area contributed by atoms with E-state index in [0.717, 1.165) is 0 Å². The Morgan fingerprint density at radius 1 is 1.26 bits per heavy atom. The summed E-state index contributed by atoms with van der Waals surface area (Å²) in [5.41, 5.74) is 6.94. The Morgan fingerprint density at radius 2 is 1.95 bits per heavy atom. The molecule has 0 fully saturated rings. The number of nitrogens with one attached hydrogen (secondary N) is 1. The van der Waals surface area contributed by atoms with E-state index in [9.17, 15) is 9.18 Å². The van der Waals surface area contributed by atoms with E-state index in [-0.39, 0.29) is 22.1 Å². The maximum absolute atomic E-state index is 13.4. The molecule has 19 heavy (non-hydrogen) atoms. The first kappa shape index (κ1) is 13.4. The number of hydrogen-bond acceptors (Lipinski definition) is 2. The van der Waals surface area contributed by atoms with E-state index in [1.165, 1.54) is 12.1 Å². The summed E-state index contributed by atoms with van der Waals surface area (Å²) in [5, 5.41) is 2.86. The van der Waals surface area contributed by atoms with E-state index in [4.69, 9.17) is 17.3 Å². The summed E-state index contributed by atoms with van der Waals surface area (Å²) in [6.45, 7) is 1.58. The lowest BCUT2D eigenvalue weighted by atomic mass is 10.1. The molecule has 3 N–H and O–H groups in total. The highest BCUT2D eigenvalue weighted by Crippen LogP contribution is 2.24. The summed E-state index contributed by atoms with van der Waals surface area (Å²) >= 11 is 5.95. The van der Waals surface area contributed by atoms with Gasteiger partial charge in [-0.2, -0.15) is 0 Å². The average Bonchev–Trinajstić information content (AvgIpc) is 2.35. The molecule has 1 amide bonds. The van der Waals surface area contributed by atoms with Crippen molar-refractivity contribution < 1.29 is 9.18 Å². The van der Waals surface area contributed by atoms with Gasteiger partial charge >= 0.3 is 0 Å². The molecule has 0 aliphatic heterocycles. The summed E-state index contributed by atoms with van der Waals surface area (Å²) in [6.07, 6.45) is 0. The van der Waals surface area contributed by atoms with Gasteiger partial charge in [0.05, 0.1) is 10.6 Å². The molecule has 0 saturated carbocycles. The summed E-state index contributed by atoms with van der Waals surface area (Å²) in [7, 11) is 0. The standard InChI is InChI=1S/C14H12ClFN2O/c1-8-10(16)5-3-7-12(8)18-14(19)13-9(15)4-2-6-11(13)17/h2-7H,17H2,1H3,(H,18,19). The van der Waals surface area contributed by atoms with Crippen molar-refractivity contribution in [3.8, 4) is 0 Å². The molecule has 0 aliphatic rings. The lowest BCUT2D eigenvalue weighted by molar-refractivity contribution is 0.102. The number of anilines is 2. The second-order valence-corrected chi connectivity index (χ2v) is 4.48. The number of nitrogens with two attached hydrogens (primary N) is 1. The van der Waals surface area contributed by atoms with Crippen LogP contribution in [0, 0.1) is 12.7 Å². The lowest BCUT2D eigenvalue weighted by Crippen LogP contribution is -2.15. The SMILES string of the molecule is Cc1c(F)cccc1NC(=O)c1c(N)cccc1Cl. The molecule has 0 aliphatic carbocycles. The topological polar surface area (TPSA) is 55.1 Å². The number of rotatable bonds is 2. The van der Waals surface area contributed by atoms with Gasteiger partial charge in [0.1, 0.15) is 5.82 Å². The van der Waals surface area contributed by atoms with Gasteiger partial charge in [-0.3, -0.25) is 4.79 Å². The number of amides is 1. The largest absolute Gasteiger partial charge is 0.398 e. The quantitative estimate of drug-likeness (QED) is 0.824. The van der Waals surface area contributed by atoms with Gasteiger partial charge in [0, 0.05) is 16.9 Å². The average molecular weight is 279 g/mol. The molecule has 0 atom stereocenters. The van der Waals surface area contributed by atoms with E-state index < -0.39 is 5.91 Å². The molecule has 0 aromatic heterocycles. The molecule has 2 aromatic carbocycles. The number of nitrogen functional groups attached to an aromatic ring is 1. The Hall–Kier alpha value is -2.07. The minimum atomic E-state index is -0.461. The predicted octanol–water partition coefficient (Wildman–Crippen LogP) is 3.62. The summed E-state index contributed by atoms with van der Waals surface area (Å²) in [5.74, 6) is -0.846. The van der Waals surface area contributed by atoms with Crippen LogP contribution in [0.2, 0.25) is 5.02 Å². The van der Waals surface area contributed by atoms with Crippen molar-refractivity contribution in [1.29, 1.82) is 0 Å². The van der Waals surface area contributed by atoms with E-state index >= 15 is 0 Å². The highest BCUT2D eigenvalue weighted by molar-refractivity contribution is 6.35. The fourth-order valence-electron chi connectivity index (χ4n) is 1.71. The van der Waals surface area contributed by atoms with Crippen LogP contribution in [-0.2, 0) is 0 Å². The minimum absolute atomic E-state index is 0.188. The third kappa shape index (κ3) is 2.69. The second kappa shape index (κ2) is 5.28. The number of benzene rings is 2. The molecule has 0 heterocycles. The van der Waals surface area contributed by atoms with Crippen LogP contribution in [0.4, 0.5) is 15.8 Å². The van der Waals surface area contributed by atoms with Crippen molar-refractivity contribution in [2.75, 3.05) is 11.1 Å². The predicted molar refractivity (Wildman–Crippen MR) is 75.0 cm³/mol. The van der Waals surface area contributed by atoms with Gasteiger partial charge in [-0.05, 0) is 31.2 Å². The Morgan fingerprint density at radius 3 is 2.63 bits per heavy atom. The molecule has 5 heteroatoms. The Labute approximate surface area is 115 Å². The van der Waals surface area contributed by atoms with Crippen molar-refractivity contribution >= 4 is 28.9 Å².